The summed E-state index contributed by atoms with van der Waals surface area (Å²) in [7, 11) is 0. The highest BCUT2D eigenvalue weighted by Gasteiger charge is 2.11. The van der Waals surface area contributed by atoms with Crippen molar-refractivity contribution in [1.82, 2.24) is 4.98 Å². The van der Waals surface area contributed by atoms with E-state index in [9.17, 15) is 4.79 Å². The van der Waals surface area contributed by atoms with Gasteiger partial charge < -0.3 is 11.1 Å². The second-order valence-electron chi connectivity index (χ2n) is 3.88. The molecule has 0 aliphatic heterocycles. The average molecular weight is 306 g/mol. The van der Waals surface area contributed by atoms with Crippen molar-refractivity contribution in [3.63, 3.8) is 0 Å². The van der Waals surface area contributed by atoms with E-state index in [0.29, 0.717) is 15.7 Å². The highest BCUT2D eigenvalue weighted by atomic mass is 79.9. The van der Waals surface area contributed by atoms with Crippen LogP contribution in [0, 0.1) is 6.92 Å². The van der Waals surface area contributed by atoms with Crippen molar-refractivity contribution in [2.24, 2.45) is 0 Å². The number of amides is 1. The van der Waals surface area contributed by atoms with Gasteiger partial charge in [-0.15, -0.1) is 0 Å². The highest BCUT2D eigenvalue weighted by molar-refractivity contribution is 9.10. The molecule has 1 aromatic heterocycles. The molecule has 0 aliphatic carbocycles. The number of carbonyl (C=O) groups is 1. The van der Waals surface area contributed by atoms with Crippen LogP contribution in [0.3, 0.4) is 0 Å². The molecular formula is C13H12BrN3O. The smallest absolute Gasteiger partial charge is 0.256 e. The number of nitrogens with one attached hydrogen (secondary N) is 1. The highest BCUT2D eigenvalue weighted by Crippen LogP contribution is 2.21. The van der Waals surface area contributed by atoms with Gasteiger partial charge in [-0.3, -0.25) is 9.78 Å². The lowest BCUT2D eigenvalue weighted by Crippen LogP contribution is -2.13. The first-order valence-electron chi connectivity index (χ1n) is 5.35. The number of aryl methyl sites for hydroxylation is 1. The Morgan fingerprint density at radius 3 is 2.89 bits per heavy atom. The van der Waals surface area contributed by atoms with Crippen LogP contribution >= 0.6 is 15.9 Å². The summed E-state index contributed by atoms with van der Waals surface area (Å²) in [4.78, 5) is 16.1. The first-order chi connectivity index (χ1) is 8.58. The topological polar surface area (TPSA) is 68.0 Å². The van der Waals surface area contributed by atoms with Crippen LogP contribution in [0.5, 0.6) is 0 Å². The fourth-order valence-electron chi connectivity index (χ4n) is 1.52. The van der Waals surface area contributed by atoms with Crippen LogP contribution in [0.2, 0.25) is 0 Å². The van der Waals surface area contributed by atoms with E-state index < -0.39 is 0 Å². The summed E-state index contributed by atoms with van der Waals surface area (Å²) < 4.78 is 0.709. The molecule has 5 heteroatoms. The van der Waals surface area contributed by atoms with Crippen molar-refractivity contribution < 1.29 is 4.79 Å². The Kier molecular flexibility index (Phi) is 3.62. The second kappa shape index (κ2) is 5.18. The van der Waals surface area contributed by atoms with E-state index in [4.69, 9.17) is 5.73 Å². The number of aromatic nitrogens is 1. The standard InChI is InChI=1S/C13H12BrN3O/c1-8-7-16-5-4-12(8)17-13(18)10-6-9(15)2-3-11(10)14/h2-7H,15H2,1H3,(H,16,17,18). The lowest BCUT2D eigenvalue weighted by atomic mass is 10.1. The van der Waals surface area contributed by atoms with Gasteiger partial charge in [-0.2, -0.15) is 0 Å². The molecule has 4 nitrogen and oxygen atoms in total. The van der Waals surface area contributed by atoms with Crippen LogP contribution in [-0.4, -0.2) is 10.9 Å². The average Bonchev–Trinajstić information content (AvgIpc) is 2.35. The number of benzene rings is 1. The van der Waals surface area contributed by atoms with E-state index >= 15 is 0 Å². The molecule has 1 heterocycles. The number of nitrogens with zero attached hydrogens (tertiary/aromatic N) is 1. The lowest BCUT2D eigenvalue weighted by molar-refractivity contribution is 0.102. The van der Waals surface area contributed by atoms with Crippen LogP contribution in [0.15, 0.2) is 41.1 Å². The van der Waals surface area contributed by atoms with E-state index in [1.807, 2.05) is 6.92 Å². The number of pyridine rings is 1. The van der Waals surface area contributed by atoms with Gasteiger partial charge in [-0.05, 0) is 52.7 Å². The van der Waals surface area contributed by atoms with Gasteiger partial charge >= 0.3 is 0 Å². The maximum atomic E-state index is 12.1. The number of halogens is 1. The molecule has 0 radical (unpaired) electrons. The minimum atomic E-state index is -0.205. The number of hydrogen-bond acceptors (Lipinski definition) is 3. The predicted octanol–water partition coefficient (Wildman–Crippen LogP) is 2.99. The van der Waals surface area contributed by atoms with Crippen LogP contribution in [0.25, 0.3) is 0 Å². The van der Waals surface area contributed by atoms with Crippen LogP contribution in [0.4, 0.5) is 11.4 Å². The van der Waals surface area contributed by atoms with Crippen molar-refractivity contribution in [2.45, 2.75) is 6.92 Å². The van der Waals surface area contributed by atoms with Crippen molar-refractivity contribution >= 4 is 33.2 Å². The van der Waals surface area contributed by atoms with Gasteiger partial charge in [-0.25, -0.2) is 0 Å². The third-order valence-corrected chi connectivity index (χ3v) is 3.20. The molecule has 0 bridgehead atoms. The Hall–Kier alpha value is -1.88. The largest absolute Gasteiger partial charge is 0.399 e. The van der Waals surface area contributed by atoms with Gasteiger partial charge in [0.2, 0.25) is 0 Å². The Labute approximate surface area is 113 Å². The third kappa shape index (κ3) is 2.68. The fraction of sp³-hybridized carbons (Fsp3) is 0.0769. The number of carbonyl (C=O) groups excluding carboxylic acids is 1. The maximum Gasteiger partial charge on any atom is 0.256 e. The summed E-state index contributed by atoms with van der Waals surface area (Å²) in [6, 6.07) is 6.88. The van der Waals surface area contributed by atoms with Crippen molar-refractivity contribution in [3.05, 3.63) is 52.3 Å². The summed E-state index contributed by atoms with van der Waals surface area (Å²) in [5, 5.41) is 2.83. The molecular weight excluding hydrogens is 294 g/mol. The Morgan fingerprint density at radius 2 is 2.17 bits per heavy atom. The van der Waals surface area contributed by atoms with E-state index in [1.165, 1.54) is 0 Å². The molecule has 3 N–H and O–H groups in total. The molecule has 0 atom stereocenters. The molecule has 18 heavy (non-hydrogen) atoms. The molecule has 0 saturated carbocycles. The zero-order valence-corrected chi connectivity index (χ0v) is 11.4. The lowest BCUT2D eigenvalue weighted by Gasteiger charge is -2.09. The summed E-state index contributed by atoms with van der Waals surface area (Å²) >= 11 is 3.33. The Balaban J connectivity index is 2.28. The molecule has 0 saturated heterocycles. The fourth-order valence-corrected chi connectivity index (χ4v) is 1.95. The summed E-state index contributed by atoms with van der Waals surface area (Å²) in [6.07, 6.45) is 3.33. The zero-order chi connectivity index (χ0) is 13.1. The SMILES string of the molecule is Cc1cnccc1NC(=O)c1cc(N)ccc1Br. The number of rotatable bonds is 2. The minimum absolute atomic E-state index is 0.205. The third-order valence-electron chi connectivity index (χ3n) is 2.50. The monoisotopic (exact) mass is 305 g/mol. The van der Waals surface area contributed by atoms with Crippen LogP contribution in [0.1, 0.15) is 15.9 Å². The quantitative estimate of drug-likeness (QED) is 0.838. The van der Waals surface area contributed by atoms with Crippen molar-refractivity contribution in [3.8, 4) is 0 Å². The summed E-state index contributed by atoms with van der Waals surface area (Å²) in [5.74, 6) is -0.205. The molecule has 0 unspecified atom stereocenters. The first-order valence-corrected chi connectivity index (χ1v) is 6.14. The van der Waals surface area contributed by atoms with E-state index in [2.05, 4.69) is 26.2 Å². The molecule has 1 amide bonds. The number of anilines is 2. The first kappa shape index (κ1) is 12.6. The summed E-state index contributed by atoms with van der Waals surface area (Å²) in [5.41, 5.74) is 8.38. The Bertz CT molecular complexity index is 599. The molecule has 1 aromatic carbocycles. The molecule has 2 aromatic rings. The van der Waals surface area contributed by atoms with E-state index in [1.54, 1.807) is 36.7 Å². The number of nitrogens with two attached hydrogens (primary N) is 1. The molecule has 0 fully saturated rings. The second-order valence-corrected chi connectivity index (χ2v) is 4.74. The maximum absolute atomic E-state index is 12.1. The number of hydrogen-bond donors (Lipinski definition) is 2. The Morgan fingerprint density at radius 1 is 1.39 bits per heavy atom. The molecule has 0 aliphatic rings. The number of nitrogen functional groups attached to an aromatic ring is 1. The van der Waals surface area contributed by atoms with Crippen LogP contribution in [-0.2, 0) is 0 Å². The van der Waals surface area contributed by atoms with Crippen molar-refractivity contribution in [1.29, 1.82) is 0 Å². The molecule has 0 spiro atoms. The normalized spacial score (nSPS) is 10.1. The van der Waals surface area contributed by atoms with Gasteiger partial charge in [0.1, 0.15) is 0 Å². The van der Waals surface area contributed by atoms with Gasteiger partial charge in [0.25, 0.3) is 5.91 Å². The van der Waals surface area contributed by atoms with E-state index in [-0.39, 0.29) is 5.91 Å². The minimum Gasteiger partial charge on any atom is -0.399 e. The predicted molar refractivity (Wildman–Crippen MR) is 75.5 cm³/mol. The van der Waals surface area contributed by atoms with Gasteiger partial charge in [-0.1, -0.05) is 0 Å². The molecule has 92 valence electrons. The van der Waals surface area contributed by atoms with Gasteiger partial charge in [0, 0.05) is 28.2 Å². The van der Waals surface area contributed by atoms with Crippen molar-refractivity contribution in [2.75, 3.05) is 11.1 Å². The van der Waals surface area contributed by atoms with E-state index in [0.717, 1.165) is 11.3 Å². The zero-order valence-electron chi connectivity index (χ0n) is 9.77. The molecule has 2 rings (SSSR count). The van der Waals surface area contributed by atoms with Crippen LogP contribution < -0.4 is 11.1 Å². The summed E-state index contributed by atoms with van der Waals surface area (Å²) in [6.45, 7) is 1.89. The van der Waals surface area contributed by atoms with Gasteiger partial charge in [0.05, 0.1) is 5.56 Å². The van der Waals surface area contributed by atoms with Gasteiger partial charge in [0.15, 0.2) is 0 Å².